The maximum Gasteiger partial charge on any atom is 0.206 e. The number of likely N-dealkylation sites (tertiary alicyclic amines) is 1. The standard InChI is InChI=1S/C27H23F2NO4S/c28-14-17-15-30(16-17)11-12-33-21-6-8-22(9-7-21)34-26-23-10-5-20(31)13-24(23)35-27(26)25(32)18-1-3-19(29)4-2-18/h1-10,13,17,31H,11-12,14-16H2. The van der Waals surface area contributed by atoms with Gasteiger partial charge in [-0.15, -0.1) is 11.3 Å². The number of rotatable bonds is 9. The van der Waals surface area contributed by atoms with Gasteiger partial charge in [-0.05, 0) is 66.7 Å². The summed E-state index contributed by atoms with van der Waals surface area (Å²) in [7, 11) is 0. The molecule has 3 aromatic carbocycles. The van der Waals surface area contributed by atoms with Gasteiger partial charge in [0.1, 0.15) is 34.5 Å². The summed E-state index contributed by atoms with van der Waals surface area (Å²) in [5, 5.41) is 10.6. The number of phenols is 1. The van der Waals surface area contributed by atoms with E-state index in [4.69, 9.17) is 9.47 Å². The minimum absolute atomic E-state index is 0.0889. The monoisotopic (exact) mass is 495 g/mol. The number of ether oxygens (including phenoxy) is 2. The molecule has 180 valence electrons. The van der Waals surface area contributed by atoms with Crippen LogP contribution in [0.4, 0.5) is 8.78 Å². The molecular formula is C27H23F2NO4S. The Morgan fingerprint density at radius 1 is 1.03 bits per heavy atom. The topological polar surface area (TPSA) is 59.0 Å². The van der Waals surface area contributed by atoms with Crippen LogP contribution in [-0.4, -0.2) is 48.7 Å². The van der Waals surface area contributed by atoms with Crippen LogP contribution in [0.3, 0.4) is 0 Å². The zero-order chi connectivity index (χ0) is 24.4. The van der Waals surface area contributed by atoms with Gasteiger partial charge in [0.05, 0.1) is 6.67 Å². The van der Waals surface area contributed by atoms with E-state index in [9.17, 15) is 18.7 Å². The van der Waals surface area contributed by atoms with E-state index in [0.29, 0.717) is 44.4 Å². The maximum atomic E-state index is 13.3. The third-order valence-corrected chi connectivity index (χ3v) is 7.04. The van der Waals surface area contributed by atoms with Crippen LogP contribution in [0.2, 0.25) is 0 Å². The minimum Gasteiger partial charge on any atom is -0.508 e. The molecule has 1 aromatic heterocycles. The highest BCUT2D eigenvalue weighted by Crippen LogP contribution is 2.42. The van der Waals surface area contributed by atoms with Crippen molar-refractivity contribution in [1.82, 2.24) is 4.90 Å². The number of benzene rings is 3. The molecule has 0 unspecified atom stereocenters. The summed E-state index contributed by atoms with van der Waals surface area (Å²) in [4.78, 5) is 15.7. The first-order valence-corrected chi connectivity index (χ1v) is 12.1. The number of hydrogen-bond acceptors (Lipinski definition) is 6. The average molecular weight is 496 g/mol. The SMILES string of the molecule is O=C(c1ccc(F)cc1)c1sc2cc(O)ccc2c1Oc1ccc(OCCN2CC(CF)C2)cc1. The van der Waals surface area contributed by atoms with Crippen molar-refractivity contribution in [2.75, 3.05) is 32.9 Å². The summed E-state index contributed by atoms with van der Waals surface area (Å²) < 4.78 is 38.5. The predicted octanol–water partition coefficient (Wildman–Crippen LogP) is 6.05. The Bertz CT molecular complexity index is 1330. The summed E-state index contributed by atoms with van der Waals surface area (Å²) >= 11 is 1.21. The molecule has 1 saturated heterocycles. The first-order valence-electron chi connectivity index (χ1n) is 11.2. The molecule has 1 fully saturated rings. The van der Waals surface area contributed by atoms with Crippen LogP contribution in [-0.2, 0) is 0 Å². The van der Waals surface area contributed by atoms with Crippen LogP contribution >= 0.6 is 11.3 Å². The number of carbonyl (C=O) groups is 1. The molecule has 1 N–H and O–H groups in total. The van der Waals surface area contributed by atoms with Crippen molar-refractivity contribution in [3.8, 4) is 23.0 Å². The van der Waals surface area contributed by atoms with Crippen molar-refractivity contribution in [3.05, 3.63) is 83.0 Å². The van der Waals surface area contributed by atoms with E-state index < -0.39 is 5.82 Å². The van der Waals surface area contributed by atoms with E-state index in [0.717, 1.165) is 19.6 Å². The van der Waals surface area contributed by atoms with Crippen LogP contribution in [0.15, 0.2) is 66.7 Å². The number of fused-ring (bicyclic) bond motifs is 1. The quantitative estimate of drug-likeness (QED) is 0.287. The van der Waals surface area contributed by atoms with Crippen molar-refractivity contribution in [3.63, 3.8) is 0 Å². The first-order chi connectivity index (χ1) is 17.0. The lowest BCUT2D eigenvalue weighted by Crippen LogP contribution is -2.49. The molecule has 2 heterocycles. The molecule has 0 radical (unpaired) electrons. The fraction of sp³-hybridized carbons (Fsp3) is 0.222. The van der Waals surface area contributed by atoms with Gasteiger partial charge in [-0.2, -0.15) is 0 Å². The summed E-state index contributed by atoms with van der Waals surface area (Å²) in [5.74, 6) is 1.12. The largest absolute Gasteiger partial charge is 0.508 e. The lowest BCUT2D eigenvalue weighted by molar-refractivity contribution is 0.0668. The zero-order valence-corrected chi connectivity index (χ0v) is 19.6. The Balaban J connectivity index is 1.33. The van der Waals surface area contributed by atoms with Crippen molar-refractivity contribution in [2.24, 2.45) is 5.92 Å². The van der Waals surface area contributed by atoms with E-state index in [2.05, 4.69) is 4.90 Å². The van der Waals surface area contributed by atoms with Gasteiger partial charge in [0.2, 0.25) is 5.78 Å². The second-order valence-electron chi connectivity index (χ2n) is 8.48. The Labute approximate surface area is 205 Å². The molecule has 1 aliphatic rings. The number of ketones is 1. The Hall–Kier alpha value is -3.49. The molecule has 0 spiro atoms. The van der Waals surface area contributed by atoms with E-state index >= 15 is 0 Å². The zero-order valence-electron chi connectivity index (χ0n) is 18.7. The van der Waals surface area contributed by atoms with E-state index in [1.54, 1.807) is 42.5 Å². The van der Waals surface area contributed by atoms with Gasteiger partial charge in [0, 0.05) is 41.2 Å². The molecule has 5 rings (SSSR count). The van der Waals surface area contributed by atoms with Gasteiger partial charge in [-0.25, -0.2) is 4.39 Å². The second-order valence-corrected chi connectivity index (χ2v) is 9.53. The Kier molecular flexibility index (Phi) is 6.66. The van der Waals surface area contributed by atoms with Gasteiger partial charge in [0.15, 0.2) is 5.75 Å². The van der Waals surface area contributed by atoms with Gasteiger partial charge in [0.25, 0.3) is 0 Å². The number of hydrogen-bond donors (Lipinski definition) is 1. The third-order valence-electron chi connectivity index (χ3n) is 5.91. The van der Waals surface area contributed by atoms with Crippen LogP contribution in [0, 0.1) is 11.7 Å². The van der Waals surface area contributed by atoms with Crippen LogP contribution in [0.5, 0.6) is 23.0 Å². The highest BCUT2D eigenvalue weighted by molar-refractivity contribution is 7.21. The highest BCUT2D eigenvalue weighted by atomic mass is 32.1. The lowest BCUT2D eigenvalue weighted by Gasteiger charge is -2.37. The fourth-order valence-electron chi connectivity index (χ4n) is 4.02. The van der Waals surface area contributed by atoms with Crippen molar-refractivity contribution in [2.45, 2.75) is 0 Å². The number of aromatic hydroxyl groups is 1. The van der Waals surface area contributed by atoms with Gasteiger partial charge < -0.3 is 14.6 Å². The number of alkyl halides is 1. The summed E-state index contributed by atoms with van der Waals surface area (Å²) in [6.07, 6.45) is 0. The minimum atomic E-state index is -0.421. The van der Waals surface area contributed by atoms with Crippen molar-refractivity contribution >= 4 is 27.2 Å². The molecule has 0 amide bonds. The molecule has 35 heavy (non-hydrogen) atoms. The average Bonchev–Trinajstić information content (AvgIpc) is 3.18. The van der Waals surface area contributed by atoms with Gasteiger partial charge in [-0.3, -0.25) is 14.1 Å². The highest BCUT2D eigenvalue weighted by Gasteiger charge is 2.26. The first kappa shape index (κ1) is 23.3. The predicted molar refractivity (Wildman–Crippen MR) is 131 cm³/mol. The summed E-state index contributed by atoms with van der Waals surface area (Å²) in [5.41, 5.74) is 0.343. The van der Waals surface area contributed by atoms with Crippen LogP contribution in [0.1, 0.15) is 15.2 Å². The van der Waals surface area contributed by atoms with E-state index in [1.165, 1.54) is 35.6 Å². The smallest absolute Gasteiger partial charge is 0.206 e. The molecule has 8 heteroatoms. The molecule has 1 aliphatic heterocycles. The number of thiophene rings is 1. The Morgan fingerprint density at radius 3 is 2.46 bits per heavy atom. The Morgan fingerprint density at radius 2 is 1.74 bits per heavy atom. The van der Waals surface area contributed by atoms with Crippen molar-refractivity contribution in [1.29, 1.82) is 0 Å². The molecule has 4 aromatic rings. The fourth-order valence-corrected chi connectivity index (χ4v) is 5.14. The van der Waals surface area contributed by atoms with Gasteiger partial charge in [-0.1, -0.05) is 0 Å². The number of halogens is 2. The van der Waals surface area contributed by atoms with E-state index in [-0.39, 0.29) is 24.1 Å². The van der Waals surface area contributed by atoms with E-state index in [1.807, 2.05) is 0 Å². The summed E-state index contributed by atoms with van der Waals surface area (Å²) in [6, 6.07) is 17.3. The van der Waals surface area contributed by atoms with Gasteiger partial charge >= 0.3 is 0 Å². The normalized spacial score (nSPS) is 14.1. The summed E-state index contributed by atoms with van der Waals surface area (Å²) in [6.45, 7) is 2.54. The number of carbonyl (C=O) groups excluding carboxylic acids is 1. The lowest BCUT2D eigenvalue weighted by atomic mass is 10.0. The second kappa shape index (κ2) is 10.0. The van der Waals surface area contributed by atoms with Crippen LogP contribution in [0.25, 0.3) is 10.1 Å². The number of nitrogens with zero attached hydrogens (tertiary/aromatic N) is 1. The molecule has 0 aliphatic carbocycles. The molecule has 5 nitrogen and oxygen atoms in total. The maximum absolute atomic E-state index is 13.3. The molecule has 0 bridgehead atoms. The molecule has 0 saturated carbocycles. The molecule has 0 atom stereocenters. The number of phenolic OH excluding ortho intramolecular Hbond substituents is 1. The van der Waals surface area contributed by atoms with Crippen molar-refractivity contribution < 1.29 is 28.2 Å². The van der Waals surface area contributed by atoms with Crippen LogP contribution < -0.4 is 9.47 Å². The molecular weight excluding hydrogens is 472 g/mol. The third kappa shape index (κ3) is 5.13.